The summed E-state index contributed by atoms with van der Waals surface area (Å²) in [7, 11) is 1.97. The first-order chi connectivity index (χ1) is 10.7. The van der Waals surface area contributed by atoms with Crippen LogP contribution >= 0.6 is 11.8 Å². The van der Waals surface area contributed by atoms with Crippen LogP contribution in [0.1, 0.15) is 32.1 Å². The van der Waals surface area contributed by atoms with Crippen LogP contribution in [0.15, 0.2) is 17.4 Å². The van der Waals surface area contributed by atoms with E-state index in [0.29, 0.717) is 11.9 Å². The average Bonchev–Trinajstić information content (AvgIpc) is 2.52. The molecular weight excluding hydrogens is 296 g/mol. The van der Waals surface area contributed by atoms with Crippen molar-refractivity contribution in [2.45, 2.75) is 43.3 Å². The summed E-state index contributed by atoms with van der Waals surface area (Å²) in [6.07, 6.45) is 9.35. The van der Waals surface area contributed by atoms with Gasteiger partial charge in [-0.15, -0.1) is 0 Å². The molecule has 120 valence electrons. The Kier molecular flexibility index (Phi) is 4.86. The maximum absolute atomic E-state index is 12.4. The molecule has 0 spiro atoms. The largest absolute Gasteiger partial charge is 0.354 e. The molecule has 6 heteroatoms. The van der Waals surface area contributed by atoms with Crippen LogP contribution in [0.3, 0.4) is 0 Å². The minimum Gasteiger partial charge on any atom is -0.354 e. The molecule has 2 fully saturated rings. The first kappa shape index (κ1) is 15.6. The maximum Gasteiger partial charge on any atom is 0.225 e. The number of carbonyl (C=O) groups excluding carboxylic acids is 1. The molecule has 1 unspecified atom stereocenters. The first-order valence-corrected chi connectivity index (χ1v) is 9.30. The van der Waals surface area contributed by atoms with Gasteiger partial charge in [-0.1, -0.05) is 18.2 Å². The molecule has 1 saturated heterocycles. The molecule has 0 bridgehead atoms. The van der Waals surface area contributed by atoms with Crippen LogP contribution < -0.4 is 4.90 Å². The highest BCUT2D eigenvalue weighted by Crippen LogP contribution is 2.30. The number of thioether (sulfide) groups is 1. The van der Waals surface area contributed by atoms with E-state index in [4.69, 9.17) is 0 Å². The molecule has 1 atom stereocenters. The highest BCUT2D eigenvalue weighted by molar-refractivity contribution is 7.98. The third-order valence-electron chi connectivity index (χ3n) is 4.87. The van der Waals surface area contributed by atoms with E-state index in [1.807, 2.05) is 30.5 Å². The van der Waals surface area contributed by atoms with Crippen LogP contribution in [0.4, 0.5) is 5.82 Å². The van der Waals surface area contributed by atoms with Gasteiger partial charge in [0.2, 0.25) is 5.91 Å². The Morgan fingerprint density at radius 3 is 2.86 bits per heavy atom. The lowest BCUT2D eigenvalue weighted by atomic mass is 9.84. The minimum atomic E-state index is 0.280. The highest BCUT2D eigenvalue weighted by atomic mass is 32.2. The van der Waals surface area contributed by atoms with Crippen molar-refractivity contribution in [1.29, 1.82) is 0 Å². The van der Waals surface area contributed by atoms with Gasteiger partial charge in [-0.2, -0.15) is 0 Å². The summed E-state index contributed by atoms with van der Waals surface area (Å²) in [5.74, 6) is 1.60. The number of carbonyl (C=O) groups is 1. The Balaban J connectivity index is 1.66. The molecule has 1 aromatic heterocycles. The van der Waals surface area contributed by atoms with Crippen LogP contribution in [0.2, 0.25) is 0 Å². The number of likely N-dealkylation sites (N-methyl/N-ethyl adjacent to an activating group) is 1. The molecule has 2 heterocycles. The molecule has 3 rings (SSSR count). The Bertz CT molecular complexity index is 535. The van der Waals surface area contributed by atoms with E-state index >= 15 is 0 Å². The predicted molar refractivity (Wildman–Crippen MR) is 89.2 cm³/mol. The zero-order chi connectivity index (χ0) is 15.5. The zero-order valence-electron chi connectivity index (χ0n) is 13.4. The Labute approximate surface area is 136 Å². The second-order valence-corrected chi connectivity index (χ2v) is 6.99. The van der Waals surface area contributed by atoms with Crippen molar-refractivity contribution in [3.8, 4) is 0 Å². The summed E-state index contributed by atoms with van der Waals surface area (Å²) in [5.41, 5.74) is 0. The van der Waals surface area contributed by atoms with Gasteiger partial charge >= 0.3 is 0 Å². The monoisotopic (exact) mass is 320 g/mol. The second-order valence-electron chi connectivity index (χ2n) is 6.22. The molecule has 0 radical (unpaired) electrons. The van der Waals surface area contributed by atoms with Crippen molar-refractivity contribution < 1.29 is 4.79 Å². The van der Waals surface area contributed by atoms with Crippen molar-refractivity contribution in [3.05, 3.63) is 12.3 Å². The molecule has 0 aromatic carbocycles. The van der Waals surface area contributed by atoms with E-state index in [1.54, 1.807) is 11.8 Å². The van der Waals surface area contributed by atoms with Crippen molar-refractivity contribution in [3.63, 3.8) is 0 Å². The van der Waals surface area contributed by atoms with E-state index in [9.17, 15) is 4.79 Å². The van der Waals surface area contributed by atoms with E-state index in [0.717, 1.165) is 49.7 Å². The number of nitrogens with zero attached hydrogens (tertiary/aromatic N) is 4. The lowest BCUT2D eigenvalue weighted by Gasteiger charge is -2.40. The highest BCUT2D eigenvalue weighted by Gasteiger charge is 2.33. The van der Waals surface area contributed by atoms with Gasteiger partial charge in [0.15, 0.2) is 5.16 Å². The van der Waals surface area contributed by atoms with E-state index in [-0.39, 0.29) is 5.92 Å². The summed E-state index contributed by atoms with van der Waals surface area (Å²) in [4.78, 5) is 25.6. The van der Waals surface area contributed by atoms with Gasteiger partial charge in [0.25, 0.3) is 0 Å². The number of hydrogen-bond acceptors (Lipinski definition) is 5. The fourth-order valence-electron chi connectivity index (χ4n) is 3.21. The Morgan fingerprint density at radius 2 is 2.18 bits per heavy atom. The quantitative estimate of drug-likeness (QED) is 0.630. The van der Waals surface area contributed by atoms with Crippen LogP contribution in [0.5, 0.6) is 0 Å². The molecule has 1 saturated carbocycles. The molecule has 5 nitrogen and oxygen atoms in total. The van der Waals surface area contributed by atoms with Gasteiger partial charge in [0.1, 0.15) is 5.82 Å². The van der Waals surface area contributed by atoms with Crippen LogP contribution in [0.25, 0.3) is 0 Å². The summed E-state index contributed by atoms with van der Waals surface area (Å²) < 4.78 is 0. The summed E-state index contributed by atoms with van der Waals surface area (Å²) in [6, 6.07) is 2.27. The van der Waals surface area contributed by atoms with Gasteiger partial charge in [0, 0.05) is 38.3 Å². The number of piperidine rings is 1. The summed E-state index contributed by atoms with van der Waals surface area (Å²) in [6.45, 7) is 1.88. The Morgan fingerprint density at radius 1 is 1.36 bits per heavy atom. The van der Waals surface area contributed by atoms with E-state index < -0.39 is 0 Å². The van der Waals surface area contributed by atoms with Gasteiger partial charge in [0.05, 0.1) is 0 Å². The zero-order valence-corrected chi connectivity index (χ0v) is 14.2. The summed E-state index contributed by atoms with van der Waals surface area (Å²) >= 11 is 1.56. The van der Waals surface area contributed by atoms with Crippen LogP contribution in [-0.4, -0.2) is 53.2 Å². The summed E-state index contributed by atoms with van der Waals surface area (Å²) in [5, 5.41) is 0.804. The van der Waals surface area contributed by atoms with Gasteiger partial charge < -0.3 is 9.80 Å². The topological polar surface area (TPSA) is 49.3 Å². The minimum absolute atomic E-state index is 0.280. The SMILES string of the molecule is CSc1nccc(N2CCCC(N(C)C(=O)C3CCC3)C2)n1. The van der Waals surface area contributed by atoms with Gasteiger partial charge in [-0.25, -0.2) is 9.97 Å². The van der Waals surface area contributed by atoms with E-state index in [1.165, 1.54) is 6.42 Å². The smallest absolute Gasteiger partial charge is 0.225 e. The molecule has 0 N–H and O–H groups in total. The third-order valence-corrected chi connectivity index (χ3v) is 5.43. The van der Waals surface area contributed by atoms with Crippen LogP contribution in [0, 0.1) is 5.92 Å². The fraction of sp³-hybridized carbons (Fsp3) is 0.688. The molecular formula is C16H24N4OS. The number of amides is 1. The molecule has 2 aliphatic rings. The van der Waals surface area contributed by atoms with Crippen LogP contribution in [-0.2, 0) is 4.79 Å². The number of hydrogen-bond donors (Lipinski definition) is 0. The average molecular weight is 320 g/mol. The number of rotatable bonds is 4. The van der Waals surface area contributed by atoms with E-state index in [2.05, 4.69) is 14.9 Å². The lowest BCUT2D eigenvalue weighted by Crippen LogP contribution is -2.51. The van der Waals surface area contributed by atoms with Gasteiger partial charge in [-0.05, 0) is 38.0 Å². The van der Waals surface area contributed by atoms with Crippen molar-refractivity contribution in [2.24, 2.45) is 5.92 Å². The normalized spacial score (nSPS) is 22.3. The molecule has 1 aromatic rings. The van der Waals surface area contributed by atoms with Crippen molar-refractivity contribution >= 4 is 23.5 Å². The van der Waals surface area contributed by atoms with Crippen molar-refractivity contribution in [1.82, 2.24) is 14.9 Å². The standard InChI is InChI=1S/C16H24N4OS/c1-19(15(21)12-5-3-6-12)13-7-4-10-20(11-13)14-8-9-17-16(18-14)22-2/h8-9,12-13H,3-7,10-11H2,1-2H3. The Hall–Kier alpha value is -1.30. The molecule has 1 amide bonds. The van der Waals surface area contributed by atoms with Gasteiger partial charge in [-0.3, -0.25) is 4.79 Å². The molecule has 22 heavy (non-hydrogen) atoms. The molecule has 1 aliphatic heterocycles. The number of anilines is 1. The first-order valence-electron chi connectivity index (χ1n) is 8.07. The molecule has 1 aliphatic carbocycles. The fourth-order valence-corrected chi connectivity index (χ4v) is 3.56. The van der Waals surface area contributed by atoms with Crippen molar-refractivity contribution in [2.75, 3.05) is 31.3 Å². The maximum atomic E-state index is 12.4. The number of aromatic nitrogens is 2. The lowest BCUT2D eigenvalue weighted by molar-refractivity contribution is -0.139. The third kappa shape index (κ3) is 3.21. The second kappa shape index (κ2) is 6.86. The predicted octanol–water partition coefficient (Wildman–Crippen LogP) is 2.43.